The lowest BCUT2D eigenvalue weighted by Crippen LogP contribution is -2.19. The van der Waals surface area contributed by atoms with Crippen molar-refractivity contribution >= 4 is 16.3 Å². The van der Waals surface area contributed by atoms with Crippen LogP contribution in [-0.4, -0.2) is 6.04 Å². The van der Waals surface area contributed by atoms with Crippen LogP contribution < -0.4 is 5.32 Å². The highest BCUT2D eigenvalue weighted by atomic mass is 32.1. The summed E-state index contributed by atoms with van der Waals surface area (Å²) >= 11 is 1.86. The molecule has 0 aliphatic heterocycles. The third kappa shape index (κ3) is 5.12. The zero-order valence-electron chi connectivity index (χ0n) is 11.6. The van der Waals surface area contributed by atoms with E-state index in [4.69, 9.17) is 0 Å². The Hall–Kier alpha value is -0.500. The molecule has 0 aliphatic rings. The van der Waals surface area contributed by atoms with E-state index >= 15 is 0 Å². The molecule has 0 aliphatic carbocycles. The smallest absolute Gasteiger partial charge is 0.0917 e. The Labute approximate surface area is 111 Å². The van der Waals surface area contributed by atoms with Crippen LogP contribution in [0.1, 0.15) is 64.9 Å². The molecule has 0 bridgehead atoms. The lowest BCUT2D eigenvalue weighted by Gasteiger charge is -2.19. The van der Waals surface area contributed by atoms with Crippen LogP contribution in [0, 0.1) is 0 Å². The second-order valence-corrected chi connectivity index (χ2v) is 5.67. The Morgan fingerprint density at radius 1 is 1.12 bits per heavy atom. The first kappa shape index (κ1) is 14.6. The van der Waals surface area contributed by atoms with Crippen molar-refractivity contribution in [1.29, 1.82) is 0 Å². The zero-order valence-corrected chi connectivity index (χ0v) is 12.4. The van der Waals surface area contributed by atoms with Gasteiger partial charge in [0.2, 0.25) is 0 Å². The predicted molar refractivity (Wildman–Crippen MR) is 80.2 cm³/mol. The molecule has 1 N–H and O–H groups in total. The highest BCUT2D eigenvalue weighted by molar-refractivity contribution is 7.14. The number of thiophene rings is 1. The minimum atomic E-state index is 0.676. The molecule has 1 heterocycles. The average Bonchev–Trinajstić information content (AvgIpc) is 2.77. The molecule has 0 amide bonds. The Morgan fingerprint density at radius 3 is 2.59 bits per heavy atom. The Kier molecular flexibility index (Phi) is 7.34. The van der Waals surface area contributed by atoms with Gasteiger partial charge in [0.1, 0.15) is 0 Å². The molecule has 0 saturated heterocycles. The molecule has 2 heteroatoms. The molecule has 0 radical (unpaired) electrons. The number of unbranched alkanes of at least 4 members (excludes halogenated alkanes) is 2. The van der Waals surface area contributed by atoms with Crippen LogP contribution in [-0.2, 0) is 6.42 Å². The summed E-state index contributed by atoms with van der Waals surface area (Å²) in [4.78, 5) is 0. The maximum Gasteiger partial charge on any atom is 0.0917 e. The predicted octanol–water partition coefficient (Wildman–Crippen LogP) is 5.47. The Balaban J connectivity index is 2.47. The summed E-state index contributed by atoms with van der Waals surface area (Å²) in [5.74, 6) is 0. The standard InChI is InChI=1S/C15H27NS/c1-4-7-8-10-14(9-5-2)16-15-13(6-3)11-12-17-15/h11-12,14,16H,4-10H2,1-3H3. The fourth-order valence-corrected chi connectivity index (χ4v) is 3.17. The molecular weight excluding hydrogens is 226 g/mol. The highest BCUT2D eigenvalue weighted by Gasteiger charge is 2.10. The fraction of sp³-hybridized carbons (Fsp3) is 0.733. The van der Waals surface area contributed by atoms with E-state index in [2.05, 4.69) is 37.5 Å². The molecule has 0 aromatic carbocycles. The van der Waals surface area contributed by atoms with Gasteiger partial charge in [-0.1, -0.05) is 46.5 Å². The summed E-state index contributed by atoms with van der Waals surface area (Å²) in [5, 5.41) is 7.37. The van der Waals surface area contributed by atoms with Crippen LogP contribution in [0.15, 0.2) is 11.4 Å². The molecule has 1 unspecified atom stereocenters. The van der Waals surface area contributed by atoms with Gasteiger partial charge in [0, 0.05) is 6.04 Å². The normalized spacial score (nSPS) is 12.6. The van der Waals surface area contributed by atoms with E-state index in [0.717, 1.165) is 6.42 Å². The van der Waals surface area contributed by atoms with Gasteiger partial charge in [-0.05, 0) is 36.3 Å². The quantitative estimate of drug-likeness (QED) is 0.575. The van der Waals surface area contributed by atoms with Gasteiger partial charge < -0.3 is 5.32 Å². The van der Waals surface area contributed by atoms with E-state index in [9.17, 15) is 0 Å². The summed E-state index contributed by atoms with van der Waals surface area (Å²) in [6.07, 6.45) is 9.08. The van der Waals surface area contributed by atoms with Crippen molar-refractivity contribution in [3.63, 3.8) is 0 Å². The fourth-order valence-electron chi connectivity index (χ4n) is 2.20. The topological polar surface area (TPSA) is 12.0 Å². The molecule has 98 valence electrons. The van der Waals surface area contributed by atoms with Crippen LogP contribution in [0.3, 0.4) is 0 Å². The number of hydrogen-bond acceptors (Lipinski definition) is 2. The third-order valence-corrected chi connectivity index (χ3v) is 4.14. The van der Waals surface area contributed by atoms with E-state index in [1.54, 1.807) is 0 Å². The molecule has 1 aromatic rings. The van der Waals surface area contributed by atoms with E-state index in [-0.39, 0.29) is 0 Å². The molecule has 0 fully saturated rings. The van der Waals surface area contributed by atoms with Gasteiger partial charge in [-0.3, -0.25) is 0 Å². The van der Waals surface area contributed by atoms with Crippen LogP contribution in [0.4, 0.5) is 5.00 Å². The molecule has 17 heavy (non-hydrogen) atoms. The number of aryl methyl sites for hydroxylation is 1. The monoisotopic (exact) mass is 253 g/mol. The van der Waals surface area contributed by atoms with Crippen molar-refractivity contribution < 1.29 is 0 Å². The summed E-state index contributed by atoms with van der Waals surface area (Å²) in [5.41, 5.74) is 1.48. The summed E-state index contributed by atoms with van der Waals surface area (Å²) < 4.78 is 0. The van der Waals surface area contributed by atoms with Crippen molar-refractivity contribution in [1.82, 2.24) is 0 Å². The van der Waals surface area contributed by atoms with Crippen molar-refractivity contribution in [2.24, 2.45) is 0 Å². The summed E-state index contributed by atoms with van der Waals surface area (Å²) in [6, 6.07) is 2.93. The number of nitrogens with one attached hydrogen (secondary N) is 1. The number of rotatable bonds is 9. The first-order chi connectivity index (χ1) is 8.31. The summed E-state index contributed by atoms with van der Waals surface area (Å²) in [6.45, 7) is 6.79. The van der Waals surface area contributed by atoms with Crippen LogP contribution in [0.2, 0.25) is 0 Å². The largest absolute Gasteiger partial charge is 0.374 e. The van der Waals surface area contributed by atoms with E-state index in [0.29, 0.717) is 6.04 Å². The van der Waals surface area contributed by atoms with Gasteiger partial charge in [0.05, 0.1) is 5.00 Å². The number of hydrogen-bond donors (Lipinski definition) is 1. The molecule has 1 aromatic heterocycles. The van der Waals surface area contributed by atoms with Crippen LogP contribution >= 0.6 is 11.3 Å². The molecule has 0 spiro atoms. The Morgan fingerprint density at radius 2 is 1.94 bits per heavy atom. The maximum atomic E-state index is 3.76. The SMILES string of the molecule is CCCCCC(CCC)Nc1sccc1CC. The van der Waals surface area contributed by atoms with Crippen LogP contribution in [0.25, 0.3) is 0 Å². The lowest BCUT2D eigenvalue weighted by molar-refractivity contribution is 0.551. The minimum absolute atomic E-state index is 0.676. The van der Waals surface area contributed by atoms with Gasteiger partial charge >= 0.3 is 0 Å². The molecular formula is C15H27NS. The zero-order chi connectivity index (χ0) is 12.5. The van der Waals surface area contributed by atoms with Crippen LogP contribution in [0.5, 0.6) is 0 Å². The van der Waals surface area contributed by atoms with Gasteiger partial charge in [-0.15, -0.1) is 11.3 Å². The molecule has 1 rings (SSSR count). The average molecular weight is 253 g/mol. The second kappa shape index (κ2) is 8.57. The van der Waals surface area contributed by atoms with Crippen molar-refractivity contribution in [3.05, 3.63) is 17.0 Å². The van der Waals surface area contributed by atoms with Gasteiger partial charge in [-0.25, -0.2) is 0 Å². The Bertz CT molecular complexity index is 293. The van der Waals surface area contributed by atoms with E-state index < -0.39 is 0 Å². The first-order valence-corrected chi connectivity index (χ1v) is 8.02. The minimum Gasteiger partial charge on any atom is -0.374 e. The van der Waals surface area contributed by atoms with Gasteiger partial charge in [0.25, 0.3) is 0 Å². The molecule has 0 saturated carbocycles. The number of anilines is 1. The highest BCUT2D eigenvalue weighted by Crippen LogP contribution is 2.26. The van der Waals surface area contributed by atoms with Gasteiger partial charge in [0.15, 0.2) is 0 Å². The first-order valence-electron chi connectivity index (χ1n) is 7.14. The lowest BCUT2D eigenvalue weighted by atomic mass is 10.0. The van der Waals surface area contributed by atoms with Crippen molar-refractivity contribution in [2.45, 2.75) is 71.8 Å². The van der Waals surface area contributed by atoms with Crippen molar-refractivity contribution in [2.75, 3.05) is 5.32 Å². The third-order valence-electron chi connectivity index (χ3n) is 3.26. The molecule has 1 atom stereocenters. The van der Waals surface area contributed by atoms with E-state index in [1.807, 2.05) is 11.3 Å². The molecule has 1 nitrogen and oxygen atoms in total. The van der Waals surface area contributed by atoms with Crippen molar-refractivity contribution in [3.8, 4) is 0 Å². The van der Waals surface area contributed by atoms with Gasteiger partial charge in [-0.2, -0.15) is 0 Å². The second-order valence-electron chi connectivity index (χ2n) is 4.75. The maximum absolute atomic E-state index is 3.76. The van der Waals surface area contributed by atoms with E-state index in [1.165, 1.54) is 49.1 Å². The summed E-state index contributed by atoms with van der Waals surface area (Å²) in [7, 11) is 0.